The molecule has 0 radical (unpaired) electrons. The summed E-state index contributed by atoms with van der Waals surface area (Å²) in [6.45, 7) is 0. The number of hydrogen-bond acceptors (Lipinski definition) is 1. The van der Waals surface area contributed by atoms with Gasteiger partial charge in [0.2, 0.25) is 0 Å². The molecule has 0 amide bonds. The Morgan fingerprint density at radius 1 is 1.00 bits per heavy atom. The summed E-state index contributed by atoms with van der Waals surface area (Å²) in [5.41, 5.74) is 3.77. The fourth-order valence-electron chi connectivity index (χ4n) is 0.267. The number of hydrogen-bond donors (Lipinski definition) is 1. The maximum Gasteiger partial charge on any atom is 0.396 e. The second kappa shape index (κ2) is 2.09. The Kier molecular flexibility index (Phi) is 2.00. The van der Waals surface area contributed by atoms with Crippen molar-refractivity contribution in [1.82, 2.24) is 0 Å². The van der Waals surface area contributed by atoms with Gasteiger partial charge in [-0.3, -0.25) is 5.73 Å². The lowest BCUT2D eigenvalue weighted by molar-refractivity contribution is -0.185. The maximum absolute atomic E-state index is 11.3. The number of alkyl halides is 5. The fraction of sp³-hybridized carbons (Fsp3) is 1.00. The summed E-state index contributed by atoms with van der Waals surface area (Å²) in [5, 5.41) is 0. The summed E-state index contributed by atoms with van der Waals surface area (Å²) in [5.74, 6) is 0. The van der Waals surface area contributed by atoms with Crippen LogP contribution in [-0.4, -0.2) is 12.2 Å². The first-order valence-electron chi connectivity index (χ1n) is 1.94. The van der Waals surface area contributed by atoms with Crippen LogP contribution in [0.15, 0.2) is 0 Å². The lowest BCUT2D eigenvalue weighted by Gasteiger charge is -2.11. The third kappa shape index (κ3) is 7.61. The van der Waals surface area contributed by atoms with E-state index in [0.717, 1.165) is 0 Å². The van der Waals surface area contributed by atoms with E-state index >= 15 is 0 Å². The van der Waals surface area contributed by atoms with Gasteiger partial charge in [-0.1, -0.05) is 0 Å². The van der Waals surface area contributed by atoms with Crippen LogP contribution >= 0.6 is 0 Å². The van der Waals surface area contributed by atoms with Crippen molar-refractivity contribution in [2.45, 2.75) is 18.6 Å². The molecule has 2 N–H and O–H groups in total. The van der Waals surface area contributed by atoms with Crippen LogP contribution in [0.2, 0.25) is 0 Å². The van der Waals surface area contributed by atoms with Gasteiger partial charge in [-0.25, -0.2) is 0 Å². The molecule has 0 rings (SSSR count). The molecule has 0 aliphatic rings. The maximum atomic E-state index is 11.3. The number of nitrogens with two attached hydrogens (primary N) is 1. The molecule has 1 nitrogen and oxygen atoms in total. The van der Waals surface area contributed by atoms with E-state index in [4.69, 9.17) is 0 Å². The molecule has 6 heteroatoms. The van der Waals surface area contributed by atoms with Crippen LogP contribution < -0.4 is 5.73 Å². The number of halogens is 5. The first-order chi connectivity index (χ1) is 3.71. The molecule has 0 aromatic heterocycles. The van der Waals surface area contributed by atoms with Crippen LogP contribution in [0.1, 0.15) is 6.42 Å². The predicted octanol–water partition coefficient (Wildman–Crippen LogP) is 1.49. The Hall–Kier alpha value is -0.390. The van der Waals surface area contributed by atoms with Gasteiger partial charge in [-0.05, 0) is 0 Å². The third-order valence-electron chi connectivity index (χ3n) is 0.436. The second-order valence-electron chi connectivity index (χ2n) is 1.55. The van der Waals surface area contributed by atoms with Gasteiger partial charge in [-0.2, -0.15) is 22.0 Å². The molecule has 0 heterocycles. The summed E-state index contributed by atoms with van der Waals surface area (Å²) in [6, 6.07) is -4.14. The topological polar surface area (TPSA) is 26.0 Å². The molecule has 0 fully saturated rings. The van der Waals surface area contributed by atoms with Gasteiger partial charge < -0.3 is 0 Å². The van der Waals surface area contributed by atoms with Gasteiger partial charge in [0.15, 0.2) is 0 Å². The lowest BCUT2D eigenvalue weighted by Crippen LogP contribution is -2.34. The summed E-state index contributed by atoms with van der Waals surface area (Å²) in [7, 11) is 0. The third-order valence-corrected chi connectivity index (χ3v) is 0.436. The molecule has 0 saturated heterocycles. The monoisotopic (exact) mass is 149 g/mol. The minimum atomic E-state index is -4.89. The molecule has 0 bridgehead atoms. The van der Waals surface area contributed by atoms with Gasteiger partial charge in [-0.15, -0.1) is 0 Å². The fourth-order valence-corrected chi connectivity index (χ4v) is 0.267. The van der Waals surface area contributed by atoms with Gasteiger partial charge in [0.05, 0.1) is 0 Å². The SMILES string of the molecule is NC(F)(F)CC(F)(F)F. The first-order valence-corrected chi connectivity index (χ1v) is 1.94. The van der Waals surface area contributed by atoms with Crippen LogP contribution in [0, 0.1) is 0 Å². The zero-order valence-corrected chi connectivity index (χ0v) is 4.17. The van der Waals surface area contributed by atoms with Crippen molar-refractivity contribution in [3.8, 4) is 0 Å². The molecule has 0 unspecified atom stereocenters. The van der Waals surface area contributed by atoms with E-state index in [2.05, 4.69) is 5.73 Å². The lowest BCUT2D eigenvalue weighted by atomic mass is 10.4. The molecular weight excluding hydrogens is 145 g/mol. The van der Waals surface area contributed by atoms with Crippen molar-refractivity contribution in [2.24, 2.45) is 5.73 Å². The summed E-state index contributed by atoms with van der Waals surface area (Å²) >= 11 is 0. The zero-order chi connectivity index (χ0) is 7.71. The predicted molar refractivity (Wildman–Crippen MR) is 19.8 cm³/mol. The van der Waals surface area contributed by atoms with Gasteiger partial charge in [0.25, 0.3) is 0 Å². The first kappa shape index (κ1) is 8.61. The molecule has 0 aromatic carbocycles. The number of rotatable bonds is 1. The van der Waals surface area contributed by atoms with E-state index in [1.54, 1.807) is 0 Å². The molecular formula is C3H4F5N. The highest BCUT2D eigenvalue weighted by Crippen LogP contribution is 2.27. The molecule has 0 atom stereocenters. The minimum Gasteiger partial charge on any atom is -0.272 e. The Morgan fingerprint density at radius 3 is 1.33 bits per heavy atom. The highest BCUT2D eigenvalue weighted by Gasteiger charge is 2.40. The van der Waals surface area contributed by atoms with Crippen LogP contribution in [0.4, 0.5) is 22.0 Å². The summed E-state index contributed by atoms with van der Waals surface area (Å²) < 4.78 is 55.5. The molecule has 9 heavy (non-hydrogen) atoms. The largest absolute Gasteiger partial charge is 0.396 e. The second-order valence-corrected chi connectivity index (χ2v) is 1.55. The summed E-state index contributed by atoms with van der Waals surface area (Å²) in [4.78, 5) is 0. The van der Waals surface area contributed by atoms with Crippen molar-refractivity contribution in [1.29, 1.82) is 0 Å². The summed E-state index contributed by atoms with van der Waals surface area (Å²) in [6.07, 6.45) is -7.15. The Balaban J connectivity index is 3.75. The molecule has 0 aliphatic carbocycles. The Bertz CT molecular complexity index is 77.4. The molecule has 56 valence electrons. The molecule has 0 saturated carbocycles. The standard InChI is InChI=1S/C3H4F5N/c4-2(5,6)1-3(7,8)9/h1,9H2. The van der Waals surface area contributed by atoms with E-state index in [1.807, 2.05) is 0 Å². The van der Waals surface area contributed by atoms with Gasteiger partial charge in [0.1, 0.15) is 6.42 Å². The van der Waals surface area contributed by atoms with Gasteiger partial charge in [0, 0.05) is 0 Å². The van der Waals surface area contributed by atoms with E-state index in [9.17, 15) is 22.0 Å². The quantitative estimate of drug-likeness (QED) is 0.443. The van der Waals surface area contributed by atoms with E-state index < -0.39 is 18.6 Å². The van der Waals surface area contributed by atoms with Gasteiger partial charge >= 0.3 is 12.2 Å². The Labute approximate surface area is 47.6 Å². The average molecular weight is 149 g/mol. The van der Waals surface area contributed by atoms with Crippen LogP contribution in [-0.2, 0) is 0 Å². The Morgan fingerprint density at radius 2 is 1.33 bits per heavy atom. The van der Waals surface area contributed by atoms with Crippen molar-refractivity contribution in [2.75, 3.05) is 0 Å². The minimum absolute atomic E-state index is 2.26. The highest BCUT2D eigenvalue weighted by molar-refractivity contribution is 4.61. The van der Waals surface area contributed by atoms with E-state index in [-0.39, 0.29) is 0 Å². The van der Waals surface area contributed by atoms with E-state index in [1.165, 1.54) is 0 Å². The van der Waals surface area contributed by atoms with Crippen LogP contribution in [0.25, 0.3) is 0 Å². The molecule has 0 aromatic rings. The highest BCUT2D eigenvalue weighted by atomic mass is 19.4. The van der Waals surface area contributed by atoms with Crippen molar-refractivity contribution in [3.63, 3.8) is 0 Å². The normalized spacial score (nSPS) is 14.0. The smallest absolute Gasteiger partial charge is 0.272 e. The van der Waals surface area contributed by atoms with E-state index in [0.29, 0.717) is 0 Å². The van der Waals surface area contributed by atoms with Crippen molar-refractivity contribution < 1.29 is 22.0 Å². The molecule has 0 spiro atoms. The van der Waals surface area contributed by atoms with Crippen molar-refractivity contribution in [3.05, 3.63) is 0 Å². The van der Waals surface area contributed by atoms with Crippen LogP contribution in [0.5, 0.6) is 0 Å². The zero-order valence-electron chi connectivity index (χ0n) is 4.17. The van der Waals surface area contributed by atoms with Crippen LogP contribution in [0.3, 0.4) is 0 Å². The van der Waals surface area contributed by atoms with Crippen molar-refractivity contribution >= 4 is 0 Å². The molecule has 0 aliphatic heterocycles. The average Bonchev–Trinajstić information content (AvgIpc) is 1.14.